The van der Waals surface area contributed by atoms with Crippen molar-refractivity contribution in [2.45, 2.75) is 272 Å². The number of esters is 3. The molecule has 0 bridgehead atoms. The van der Waals surface area contributed by atoms with E-state index in [-0.39, 0.29) is 24.0 Å². The van der Waals surface area contributed by atoms with Crippen LogP contribution in [0.5, 0.6) is 0 Å². The quantitative estimate of drug-likeness (QED) is 0.0344. The zero-order valence-corrected chi connectivity index (χ0v) is 39.9. The Morgan fingerprint density at radius 1 is 0.431 bits per heavy atom. The van der Waals surface area contributed by atoms with Crippen molar-refractivity contribution >= 4 is 17.9 Å². The van der Waals surface area contributed by atoms with Gasteiger partial charge in [0.25, 0.3) is 0 Å². The van der Waals surface area contributed by atoms with E-state index in [0.717, 1.165) is 109 Å². The van der Waals surface area contributed by atoms with E-state index < -0.39 is 0 Å². The van der Waals surface area contributed by atoms with E-state index in [9.17, 15) is 14.4 Å². The highest BCUT2D eigenvalue weighted by atomic mass is 16.5. The number of unbranched alkanes of at least 4 members (excludes halogenated alkanes) is 18. The lowest BCUT2D eigenvalue weighted by atomic mass is 9.92. The van der Waals surface area contributed by atoms with Crippen molar-refractivity contribution in [1.82, 2.24) is 4.90 Å². The van der Waals surface area contributed by atoms with E-state index in [4.69, 9.17) is 14.2 Å². The molecule has 0 aromatic rings. The molecular weight excluding hydrogens is 723 g/mol. The molecule has 0 rings (SSSR count). The summed E-state index contributed by atoms with van der Waals surface area (Å²) >= 11 is 0. The molecule has 0 aliphatic carbocycles. The van der Waals surface area contributed by atoms with Crippen molar-refractivity contribution in [3.05, 3.63) is 0 Å². The highest BCUT2D eigenvalue weighted by Crippen LogP contribution is 2.24. The molecule has 0 spiro atoms. The Bertz CT molecular complexity index is 905. The van der Waals surface area contributed by atoms with Gasteiger partial charge in [-0.05, 0) is 110 Å². The largest absolute Gasteiger partial charge is 0.466 e. The predicted octanol–water partition coefficient (Wildman–Crippen LogP) is 14.9. The van der Waals surface area contributed by atoms with Gasteiger partial charge >= 0.3 is 17.9 Å². The van der Waals surface area contributed by atoms with Crippen LogP contribution in [0.1, 0.15) is 260 Å². The summed E-state index contributed by atoms with van der Waals surface area (Å²) in [4.78, 5) is 40.2. The van der Waals surface area contributed by atoms with Crippen LogP contribution < -0.4 is 0 Å². The van der Waals surface area contributed by atoms with Crippen molar-refractivity contribution in [3.8, 4) is 0 Å². The highest BCUT2D eigenvalue weighted by Gasteiger charge is 2.17. The molecular formula is C51H99NO6. The van der Waals surface area contributed by atoms with E-state index in [1.54, 1.807) is 0 Å². The molecule has 0 aliphatic heterocycles. The van der Waals surface area contributed by atoms with Gasteiger partial charge in [-0.25, -0.2) is 0 Å². The maximum atomic E-state index is 12.8. The fourth-order valence-corrected chi connectivity index (χ4v) is 7.99. The fourth-order valence-electron chi connectivity index (χ4n) is 7.99. The second kappa shape index (κ2) is 42.1. The maximum Gasteiger partial charge on any atom is 0.306 e. The zero-order chi connectivity index (χ0) is 42.9. The van der Waals surface area contributed by atoms with E-state index in [2.05, 4.69) is 53.5 Å². The van der Waals surface area contributed by atoms with Crippen LogP contribution in [0, 0.1) is 11.8 Å². The summed E-state index contributed by atoms with van der Waals surface area (Å²) in [6.07, 6.45) is 37.0. The molecule has 7 heteroatoms. The Hall–Kier alpha value is -1.63. The molecule has 0 saturated carbocycles. The molecule has 1 atom stereocenters. The molecule has 58 heavy (non-hydrogen) atoms. The number of hydrogen-bond donors (Lipinski definition) is 0. The molecule has 0 saturated heterocycles. The van der Waals surface area contributed by atoms with Crippen LogP contribution in [0.25, 0.3) is 0 Å². The monoisotopic (exact) mass is 822 g/mol. The van der Waals surface area contributed by atoms with Crippen LogP contribution in [0.4, 0.5) is 0 Å². The molecule has 0 aromatic heterocycles. The lowest BCUT2D eigenvalue weighted by Crippen LogP contribution is -2.28. The summed E-state index contributed by atoms with van der Waals surface area (Å²) in [7, 11) is 2.11. The van der Waals surface area contributed by atoms with E-state index in [0.29, 0.717) is 50.4 Å². The lowest BCUT2D eigenvalue weighted by molar-refractivity contribution is -0.150. The van der Waals surface area contributed by atoms with Gasteiger partial charge in [-0.2, -0.15) is 0 Å². The van der Waals surface area contributed by atoms with E-state index in [1.165, 1.54) is 96.3 Å². The van der Waals surface area contributed by atoms with Gasteiger partial charge in [0.15, 0.2) is 0 Å². The van der Waals surface area contributed by atoms with Crippen LogP contribution in [-0.2, 0) is 28.6 Å². The van der Waals surface area contributed by atoms with Gasteiger partial charge < -0.3 is 19.1 Å². The molecule has 0 N–H and O–H groups in total. The summed E-state index contributed by atoms with van der Waals surface area (Å²) in [5.41, 5.74) is 0. The first-order valence-electron chi connectivity index (χ1n) is 25.4. The van der Waals surface area contributed by atoms with Gasteiger partial charge in [0.05, 0.1) is 13.2 Å². The first-order chi connectivity index (χ1) is 28.2. The number of hydrogen-bond acceptors (Lipinski definition) is 7. The summed E-state index contributed by atoms with van der Waals surface area (Å²) in [6, 6.07) is 0.476. The molecule has 0 amide bonds. The molecule has 1 unspecified atom stereocenters. The van der Waals surface area contributed by atoms with Gasteiger partial charge in [0, 0.05) is 25.3 Å². The van der Waals surface area contributed by atoms with Crippen LogP contribution in [0.2, 0.25) is 0 Å². The molecule has 344 valence electrons. The van der Waals surface area contributed by atoms with Crippen molar-refractivity contribution in [1.29, 1.82) is 0 Å². The maximum absolute atomic E-state index is 12.8. The fraction of sp³-hybridized carbons (Fsp3) is 0.941. The predicted molar refractivity (Wildman–Crippen MR) is 246 cm³/mol. The topological polar surface area (TPSA) is 82.1 Å². The average molecular weight is 822 g/mol. The van der Waals surface area contributed by atoms with Gasteiger partial charge in [-0.15, -0.1) is 0 Å². The summed E-state index contributed by atoms with van der Waals surface area (Å²) in [6.45, 7) is 15.3. The SMILES string of the molecule is CCCCCC(CCCCC)CC(=O)OCCCCCCCCCC(CCCCCCCOC(=O)CC(CCCCC)CCCCC)OC(=O)CCCN(C)C(C)C. The summed E-state index contributed by atoms with van der Waals surface area (Å²) in [5.74, 6) is 0.912. The van der Waals surface area contributed by atoms with Crippen LogP contribution in [-0.4, -0.2) is 61.8 Å². The number of carbonyl (C=O) groups excluding carboxylic acids is 3. The second-order valence-corrected chi connectivity index (χ2v) is 18.2. The number of nitrogens with zero attached hydrogens (tertiary/aromatic N) is 1. The minimum atomic E-state index is -0.0499. The average Bonchev–Trinajstić information content (AvgIpc) is 3.19. The molecule has 0 radical (unpaired) electrons. The first kappa shape index (κ1) is 56.4. The van der Waals surface area contributed by atoms with Gasteiger partial charge in [0.1, 0.15) is 6.10 Å². The Morgan fingerprint density at radius 3 is 1.14 bits per heavy atom. The molecule has 7 nitrogen and oxygen atoms in total. The normalized spacial score (nSPS) is 12.3. The third kappa shape index (κ3) is 37.4. The molecule has 0 aromatic carbocycles. The van der Waals surface area contributed by atoms with E-state index >= 15 is 0 Å². The smallest absolute Gasteiger partial charge is 0.306 e. The first-order valence-corrected chi connectivity index (χ1v) is 25.4. The van der Waals surface area contributed by atoms with Crippen molar-refractivity contribution in [3.63, 3.8) is 0 Å². The molecule has 0 fully saturated rings. The summed E-state index contributed by atoms with van der Waals surface area (Å²) < 4.78 is 17.4. The number of rotatable bonds is 44. The van der Waals surface area contributed by atoms with Crippen LogP contribution in [0.3, 0.4) is 0 Å². The third-order valence-electron chi connectivity index (χ3n) is 12.2. The van der Waals surface area contributed by atoms with E-state index in [1.807, 2.05) is 0 Å². The van der Waals surface area contributed by atoms with Crippen molar-refractivity contribution < 1.29 is 28.6 Å². The van der Waals surface area contributed by atoms with Gasteiger partial charge in [0.2, 0.25) is 0 Å². The van der Waals surface area contributed by atoms with Crippen LogP contribution >= 0.6 is 0 Å². The highest BCUT2D eigenvalue weighted by molar-refractivity contribution is 5.70. The Morgan fingerprint density at radius 2 is 0.776 bits per heavy atom. The Kier molecular flexibility index (Phi) is 40.9. The molecule has 0 aliphatic rings. The van der Waals surface area contributed by atoms with Crippen molar-refractivity contribution in [2.75, 3.05) is 26.8 Å². The van der Waals surface area contributed by atoms with Crippen molar-refractivity contribution in [2.24, 2.45) is 11.8 Å². The minimum absolute atomic E-state index is 0.00326. The second-order valence-electron chi connectivity index (χ2n) is 18.2. The lowest BCUT2D eigenvalue weighted by Gasteiger charge is -2.21. The van der Waals surface area contributed by atoms with Gasteiger partial charge in [-0.1, -0.05) is 156 Å². The zero-order valence-electron chi connectivity index (χ0n) is 39.9. The number of ether oxygens (including phenoxy) is 3. The summed E-state index contributed by atoms with van der Waals surface area (Å²) in [5, 5.41) is 0. The molecule has 0 heterocycles. The Balaban J connectivity index is 4.43. The standard InChI is InChI=1S/C51H99NO6/c1-8-12-24-33-46(34-25-13-9-2)43-50(54)56-41-30-22-18-16-17-20-28-37-48(58-49(53)39-32-40-52(7)45(5)6)38-29-21-19-23-31-42-57-51(55)44-47(35-26-14-10-3)36-27-15-11-4/h45-48H,8-44H2,1-7H3. The minimum Gasteiger partial charge on any atom is -0.466 e. The third-order valence-corrected chi connectivity index (χ3v) is 12.2. The Labute approximate surface area is 361 Å². The number of carbonyl (C=O) groups is 3. The van der Waals surface area contributed by atoms with Crippen LogP contribution in [0.15, 0.2) is 0 Å². The van der Waals surface area contributed by atoms with Gasteiger partial charge in [-0.3, -0.25) is 14.4 Å².